The Morgan fingerprint density at radius 1 is 1.67 bits per heavy atom. The van der Waals surface area contributed by atoms with Crippen LogP contribution in [0.4, 0.5) is 5.69 Å². The average Bonchev–Trinajstić information content (AvgIpc) is 2.33. The molecule has 1 N–H and O–H groups in total. The Balaban J connectivity index is 2.54. The fraction of sp³-hybridized carbons (Fsp3) is 0.143. The summed E-state index contributed by atoms with van der Waals surface area (Å²) in [5.41, 5.74) is 5.01. The average molecular weight is 120 g/mol. The van der Waals surface area contributed by atoms with Crippen LogP contribution in [0.15, 0.2) is 18.2 Å². The molecule has 1 radical (unpaired) electrons. The molecular weight excluding hydrogens is 114 g/mol. The van der Waals surface area contributed by atoms with Crippen molar-refractivity contribution >= 4 is 5.69 Å². The maximum absolute atomic E-state index is 4.94. The number of rotatable bonds is 0. The van der Waals surface area contributed by atoms with Crippen LogP contribution in [-0.4, -0.2) is 0 Å². The van der Waals surface area contributed by atoms with Crippen molar-refractivity contribution < 1.29 is 4.84 Å². The van der Waals surface area contributed by atoms with Gasteiger partial charge in [0.05, 0.1) is 5.69 Å². The summed E-state index contributed by atoms with van der Waals surface area (Å²) in [6.45, 7) is 0.671. The van der Waals surface area contributed by atoms with E-state index in [4.69, 9.17) is 4.84 Å². The monoisotopic (exact) mass is 120 g/mol. The van der Waals surface area contributed by atoms with Crippen LogP contribution in [-0.2, 0) is 11.4 Å². The molecule has 1 aromatic rings. The maximum Gasteiger partial charge on any atom is 0.102 e. The summed E-state index contributed by atoms with van der Waals surface area (Å²) >= 11 is 0. The molecule has 2 rings (SSSR count). The van der Waals surface area contributed by atoms with Gasteiger partial charge in [0.25, 0.3) is 0 Å². The zero-order valence-corrected chi connectivity index (χ0v) is 4.85. The van der Waals surface area contributed by atoms with E-state index in [1.165, 1.54) is 5.56 Å². The maximum atomic E-state index is 4.94. The summed E-state index contributed by atoms with van der Waals surface area (Å²) in [6.07, 6.45) is 0. The van der Waals surface area contributed by atoms with E-state index >= 15 is 0 Å². The number of hydrogen-bond acceptors (Lipinski definition) is 2. The van der Waals surface area contributed by atoms with E-state index in [1.54, 1.807) is 0 Å². The minimum atomic E-state index is 0.671. The Labute approximate surface area is 53.4 Å². The Morgan fingerprint density at radius 3 is 3.56 bits per heavy atom. The van der Waals surface area contributed by atoms with Gasteiger partial charge in [0.1, 0.15) is 6.61 Å². The first kappa shape index (κ1) is 4.82. The zero-order valence-electron chi connectivity index (χ0n) is 4.85. The van der Waals surface area contributed by atoms with E-state index in [0.717, 1.165) is 5.69 Å². The van der Waals surface area contributed by atoms with Gasteiger partial charge in [-0.3, -0.25) is 10.3 Å². The summed E-state index contributed by atoms with van der Waals surface area (Å²) in [5, 5.41) is 0. The second kappa shape index (κ2) is 1.74. The summed E-state index contributed by atoms with van der Waals surface area (Å²) in [6, 6.07) is 8.71. The molecule has 0 spiro atoms. The molecule has 0 aliphatic carbocycles. The lowest BCUT2D eigenvalue weighted by atomic mass is 10.2. The lowest BCUT2D eigenvalue weighted by Crippen LogP contribution is -1.86. The molecule has 0 bridgehead atoms. The van der Waals surface area contributed by atoms with Crippen LogP contribution in [0.25, 0.3) is 0 Å². The van der Waals surface area contributed by atoms with Crippen LogP contribution in [0.3, 0.4) is 0 Å². The molecule has 0 amide bonds. The summed E-state index contributed by atoms with van der Waals surface area (Å²) < 4.78 is 0. The predicted octanol–water partition coefficient (Wildman–Crippen LogP) is 1.34. The van der Waals surface area contributed by atoms with E-state index in [0.29, 0.717) is 6.61 Å². The number of nitrogens with one attached hydrogen (secondary N) is 1. The number of fused-ring (bicyclic) bond motifs is 1. The van der Waals surface area contributed by atoms with Crippen molar-refractivity contribution in [2.24, 2.45) is 0 Å². The molecule has 2 nitrogen and oxygen atoms in total. The second-order valence-corrected chi connectivity index (χ2v) is 1.97. The fourth-order valence-corrected chi connectivity index (χ4v) is 0.875. The normalized spacial score (nSPS) is 14.7. The van der Waals surface area contributed by atoms with Crippen molar-refractivity contribution in [2.75, 3.05) is 5.48 Å². The molecule has 2 heteroatoms. The smallest absolute Gasteiger partial charge is 0.102 e. The summed E-state index contributed by atoms with van der Waals surface area (Å²) in [7, 11) is 0. The Morgan fingerprint density at radius 2 is 2.67 bits per heavy atom. The minimum absolute atomic E-state index is 0.671. The van der Waals surface area contributed by atoms with Crippen LogP contribution >= 0.6 is 0 Å². The van der Waals surface area contributed by atoms with Crippen LogP contribution < -0.4 is 5.48 Å². The molecule has 1 heterocycles. The molecule has 1 aliphatic heterocycles. The summed E-state index contributed by atoms with van der Waals surface area (Å²) in [5.74, 6) is 0. The van der Waals surface area contributed by atoms with Crippen molar-refractivity contribution in [3.63, 3.8) is 0 Å². The van der Waals surface area contributed by atoms with Crippen molar-refractivity contribution in [1.82, 2.24) is 0 Å². The van der Waals surface area contributed by atoms with Gasteiger partial charge in [-0.15, -0.1) is 0 Å². The first-order valence-corrected chi connectivity index (χ1v) is 2.83. The van der Waals surface area contributed by atoms with E-state index < -0.39 is 0 Å². The van der Waals surface area contributed by atoms with Gasteiger partial charge in [-0.2, -0.15) is 0 Å². The highest BCUT2D eigenvalue weighted by Crippen LogP contribution is 2.20. The van der Waals surface area contributed by atoms with Gasteiger partial charge in [0, 0.05) is 5.56 Å². The first-order valence-electron chi connectivity index (χ1n) is 2.83. The SMILES string of the molecule is [c]1ccc2c(c1)NOC2. The van der Waals surface area contributed by atoms with Crippen molar-refractivity contribution in [3.05, 3.63) is 29.8 Å². The van der Waals surface area contributed by atoms with Crippen molar-refractivity contribution in [1.29, 1.82) is 0 Å². The molecule has 0 unspecified atom stereocenters. The number of benzene rings is 1. The Hall–Kier alpha value is -1.02. The van der Waals surface area contributed by atoms with Gasteiger partial charge in [-0.1, -0.05) is 12.1 Å². The van der Waals surface area contributed by atoms with Gasteiger partial charge in [0.2, 0.25) is 0 Å². The molecule has 9 heavy (non-hydrogen) atoms. The van der Waals surface area contributed by atoms with Gasteiger partial charge >= 0.3 is 0 Å². The van der Waals surface area contributed by atoms with Crippen LogP contribution in [0, 0.1) is 6.07 Å². The van der Waals surface area contributed by atoms with Gasteiger partial charge in [0.15, 0.2) is 0 Å². The van der Waals surface area contributed by atoms with Crippen LogP contribution in [0.1, 0.15) is 5.56 Å². The van der Waals surface area contributed by atoms with E-state index in [2.05, 4.69) is 11.5 Å². The molecule has 1 aliphatic rings. The topological polar surface area (TPSA) is 21.3 Å². The van der Waals surface area contributed by atoms with Crippen LogP contribution in [0.5, 0.6) is 0 Å². The highest BCUT2D eigenvalue weighted by Gasteiger charge is 2.07. The molecule has 0 saturated heterocycles. The standard InChI is InChI=1S/C7H6NO/c1-2-4-7-6(3-1)5-9-8-7/h1,3-4,8H,5H2. The zero-order chi connectivity index (χ0) is 6.10. The molecule has 1 aromatic carbocycles. The molecule has 45 valence electrons. The third kappa shape index (κ3) is 0.678. The lowest BCUT2D eigenvalue weighted by Gasteiger charge is -1.91. The van der Waals surface area contributed by atoms with Gasteiger partial charge < -0.3 is 0 Å². The Kier molecular flexibility index (Phi) is 0.932. The number of anilines is 1. The highest BCUT2D eigenvalue weighted by atomic mass is 16.6. The number of hydrogen-bond donors (Lipinski definition) is 1. The van der Waals surface area contributed by atoms with E-state index in [-0.39, 0.29) is 0 Å². The molecular formula is C7H6NO. The van der Waals surface area contributed by atoms with E-state index in [9.17, 15) is 0 Å². The minimum Gasteiger partial charge on any atom is -0.271 e. The molecule has 0 saturated carbocycles. The van der Waals surface area contributed by atoms with Crippen molar-refractivity contribution in [3.8, 4) is 0 Å². The van der Waals surface area contributed by atoms with Gasteiger partial charge in [-0.05, 0) is 12.1 Å². The van der Waals surface area contributed by atoms with Crippen LogP contribution in [0.2, 0.25) is 0 Å². The lowest BCUT2D eigenvalue weighted by molar-refractivity contribution is 0.202. The molecule has 0 fully saturated rings. The third-order valence-corrected chi connectivity index (χ3v) is 1.36. The molecule has 0 atom stereocenters. The highest BCUT2D eigenvalue weighted by molar-refractivity contribution is 5.50. The van der Waals surface area contributed by atoms with E-state index in [1.807, 2.05) is 18.2 Å². The first-order chi connectivity index (χ1) is 4.47. The fourth-order valence-electron chi connectivity index (χ4n) is 0.875. The molecule has 0 aromatic heterocycles. The summed E-state index contributed by atoms with van der Waals surface area (Å²) in [4.78, 5) is 4.94. The Bertz CT molecular complexity index is 199. The third-order valence-electron chi connectivity index (χ3n) is 1.36. The largest absolute Gasteiger partial charge is 0.271 e. The van der Waals surface area contributed by atoms with Crippen molar-refractivity contribution in [2.45, 2.75) is 6.61 Å². The quantitative estimate of drug-likeness (QED) is 0.558. The second-order valence-electron chi connectivity index (χ2n) is 1.97. The van der Waals surface area contributed by atoms with Gasteiger partial charge in [-0.25, -0.2) is 0 Å². The predicted molar refractivity (Wildman–Crippen MR) is 33.7 cm³/mol.